The van der Waals surface area contributed by atoms with Gasteiger partial charge in [0.25, 0.3) is 11.5 Å². The van der Waals surface area contributed by atoms with Gasteiger partial charge in [0.2, 0.25) is 0 Å². The van der Waals surface area contributed by atoms with Gasteiger partial charge < -0.3 is 9.64 Å². The predicted molar refractivity (Wildman–Crippen MR) is 172 cm³/mol. The summed E-state index contributed by atoms with van der Waals surface area (Å²) in [5, 5.41) is 1.15. The second kappa shape index (κ2) is 11.0. The number of allylic oxidation sites excluding steroid dienone is 1. The minimum atomic E-state index is -0.292. The van der Waals surface area contributed by atoms with E-state index in [1.807, 2.05) is 78.9 Å². The second-order valence-corrected chi connectivity index (χ2v) is 11.6. The number of thiocarbonyl (C=S) groups is 1. The van der Waals surface area contributed by atoms with Crippen molar-refractivity contribution in [3.05, 3.63) is 111 Å². The first-order valence-electron chi connectivity index (χ1n) is 13.0. The number of rotatable bonds is 6. The van der Waals surface area contributed by atoms with Crippen LogP contribution in [0.4, 0.5) is 17.1 Å². The van der Waals surface area contributed by atoms with Crippen LogP contribution < -0.4 is 34.2 Å². The van der Waals surface area contributed by atoms with E-state index in [-0.39, 0.29) is 18.0 Å². The van der Waals surface area contributed by atoms with Crippen LogP contribution in [0, 0.1) is 0 Å². The topological polar surface area (TPSA) is 58.0 Å². The molecule has 0 atom stereocenters. The fourth-order valence-electron chi connectivity index (χ4n) is 4.98. The lowest BCUT2D eigenvalue weighted by molar-refractivity contribution is -0.112. The van der Waals surface area contributed by atoms with Crippen LogP contribution in [0.25, 0.3) is 10.7 Å². The van der Waals surface area contributed by atoms with Gasteiger partial charge in [-0.3, -0.25) is 24.0 Å². The third-order valence-electron chi connectivity index (χ3n) is 6.86. The van der Waals surface area contributed by atoms with Gasteiger partial charge in [0.1, 0.15) is 25.7 Å². The average molecular weight is 599 g/mol. The largest absolute Gasteiger partial charge is 0.497 e. The molecule has 7 nitrogen and oxygen atoms in total. The third kappa shape index (κ3) is 4.48. The molecule has 0 saturated carbocycles. The zero-order chi connectivity index (χ0) is 28.7. The van der Waals surface area contributed by atoms with Crippen LogP contribution in [0.3, 0.4) is 0 Å². The van der Waals surface area contributed by atoms with Crippen LogP contribution in [0.2, 0.25) is 0 Å². The number of nitrogens with zero attached hydrogens (tertiary/aromatic N) is 4. The summed E-state index contributed by atoms with van der Waals surface area (Å²) >= 11 is 8.78. The summed E-state index contributed by atoms with van der Waals surface area (Å²) in [5.41, 5.74) is 2.55. The fraction of sp³-hybridized carbons (Fsp3) is 0.129. The molecule has 206 valence electrons. The van der Waals surface area contributed by atoms with Gasteiger partial charge in [-0.15, -0.1) is 17.9 Å². The maximum Gasteiger partial charge on any atom is 0.284 e. The summed E-state index contributed by atoms with van der Waals surface area (Å²) in [6.45, 7) is 6.85. The lowest BCUT2D eigenvalue weighted by Gasteiger charge is -2.20. The Hall–Kier alpha value is -4.12. The summed E-state index contributed by atoms with van der Waals surface area (Å²) in [6, 6.07) is 24.8. The Labute approximate surface area is 250 Å². The third-order valence-corrected chi connectivity index (χ3v) is 9.71. The molecule has 2 aliphatic heterocycles. The molecule has 2 aliphatic rings. The van der Waals surface area contributed by atoms with E-state index in [0.29, 0.717) is 32.2 Å². The van der Waals surface area contributed by atoms with Crippen molar-refractivity contribution in [1.82, 2.24) is 4.57 Å². The summed E-state index contributed by atoms with van der Waals surface area (Å²) in [5.74, 6) is 0.459. The van der Waals surface area contributed by atoms with Crippen molar-refractivity contribution in [2.75, 3.05) is 28.4 Å². The second-order valence-electron chi connectivity index (χ2n) is 9.20. The van der Waals surface area contributed by atoms with Crippen molar-refractivity contribution in [2.24, 2.45) is 0 Å². The molecule has 1 saturated heterocycles. The van der Waals surface area contributed by atoms with Crippen molar-refractivity contribution in [3.63, 3.8) is 0 Å². The molecule has 1 amide bonds. The Morgan fingerprint density at radius 1 is 0.951 bits per heavy atom. The number of ether oxygens (including phenoxy) is 1. The van der Waals surface area contributed by atoms with Crippen molar-refractivity contribution < 1.29 is 9.53 Å². The van der Waals surface area contributed by atoms with Crippen LogP contribution in [-0.4, -0.2) is 29.2 Å². The summed E-state index contributed by atoms with van der Waals surface area (Å²) in [7, 11) is 1.64. The van der Waals surface area contributed by atoms with Gasteiger partial charge in [-0.25, -0.2) is 0 Å². The van der Waals surface area contributed by atoms with Crippen molar-refractivity contribution in [2.45, 2.75) is 18.4 Å². The SMILES string of the molecule is C=CCn1c(=O)/c(=C2\Sc3ccc(OC)cc3N2CC)s/c1=C1/C(=O)N(c2ccccc2)C(=S)N1c1ccccc1. The lowest BCUT2D eigenvalue weighted by Crippen LogP contribution is -2.36. The molecule has 0 N–H and O–H groups in total. The highest BCUT2D eigenvalue weighted by Gasteiger charge is 2.42. The maximum absolute atomic E-state index is 14.3. The fourth-order valence-corrected chi connectivity index (χ4v) is 7.88. The molecule has 0 radical (unpaired) electrons. The van der Waals surface area contributed by atoms with E-state index < -0.39 is 0 Å². The van der Waals surface area contributed by atoms with Crippen molar-refractivity contribution in [1.29, 1.82) is 0 Å². The zero-order valence-corrected chi connectivity index (χ0v) is 24.9. The molecular weight excluding hydrogens is 573 g/mol. The maximum atomic E-state index is 14.3. The number of methoxy groups -OCH3 is 1. The quantitative estimate of drug-likeness (QED) is 0.235. The number of hydrogen-bond acceptors (Lipinski definition) is 7. The lowest BCUT2D eigenvalue weighted by atomic mass is 10.2. The van der Waals surface area contributed by atoms with Crippen LogP contribution in [-0.2, 0) is 11.3 Å². The predicted octanol–water partition coefficient (Wildman–Crippen LogP) is 4.75. The van der Waals surface area contributed by atoms with E-state index in [9.17, 15) is 9.59 Å². The molecule has 1 aromatic heterocycles. The molecule has 0 bridgehead atoms. The van der Waals surface area contributed by atoms with E-state index in [4.69, 9.17) is 17.0 Å². The Morgan fingerprint density at radius 2 is 1.61 bits per heavy atom. The van der Waals surface area contributed by atoms with E-state index in [1.54, 1.807) is 34.4 Å². The highest BCUT2D eigenvalue weighted by atomic mass is 32.2. The van der Waals surface area contributed by atoms with Gasteiger partial charge in [0, 0.05) is 29.7 Å². The molecule has 41 heavy (non-hydrogen) atoms. The van der Waals surface area contributed by atoms with E-state index in [0.717, 1.165) is 27.0 Å². The number of carbonyl (C=O) groups excluding carboxylic acids is 1. The molecule has 0 aliphatic carbocycles. The number of amides is 1. The molecule has 4 aromatic rings. The van der Waals surface area contributed by atoms with Gasteiger partial charge in [0.15, 0.2) is 5.11 Å². The molecular formula is C31H26N4O3S3. The summed E-state index contributed by atoms with van der Waals surface area (Å²) < 4.78 is 8.16. The Morgan fingerprint density at radius 3 is 2.22 bits per heavy atom. The monoisotopic (exact) mass is 598 g/mol. The van der Waals surface area contributed by atoms with Crippen LogP contribution in [0.5, 0.6) is 5.75 Å². The number of anilines is 3. The standard InChI is InChI=1S/C31H26N4O3S3/c1-4-18-33-28(37)26(30-32(5-2)23-19-22(38-3)16-17-24(23)40-30)41-29(33)25-27(36)35(21-14-10-7-11-15-21)31(39)34(25)20-12-8-6-9-13-20/h4,6-17,19H,1,5,18H2,2-3H3/b29-25-,30-26+. The molecule has 0 spiro atoms. The Balaban J connectivity index is 1.65. The molecule has 1 fully saturated rings. The smallest absolute Gasteiger partial charge is 0.284 e. The number of para-hydroxylation sites is 2. The molecule has 0 unspecified atom stereocenters. The molecule has 10 heteroatoms. The van der Waals surface area contributed by atoms with E-state index >= 15 is 0 Å². The minimum Gasteiger partial charge on any atom is -0.497 e. The van der Waals surface area contributed by atoms with Gasteiger partial charge in [-0.05, 0) is 55.5 Å². The molecule has 6 rings (SSSR count). The van der Waals surface area contributed by atoms with E-state index in [1.165, 1.54) is 16.2 Å². The zero-order valence-electron chi connectivity index (χ0n) is 22.4. The molecule has 3 heterocycles. The minimum absolute atomic E-state index is 0.178. The van der Waals surface area contributed by atoms with Crippen molar-refractivity contribution >= 4 is 74.1 Å². The summed E-state index contributed by atoms with van der Waals surface area (Å²) in [6.07, 6.45) is 1.67. The number of thioether (sulfide) groups is 1. The number of hydrogen-bond donors (Lipinski definition) is 0. The van der Waals surface area contributed by atoms with Crippen molar-refractivity contribution in [3.8, 4) is 5.75 Å². The first-order valence-corrected chi connectivity index (χ1v) is 15.0. The first kappa shape index (κ1) is 27.1. The van der Waals surface area contributed by atoms with Gasteiger partial charge in [-0.1, -0.05) is 54.2 Å². The number of carbonyl (C=O) groups is 1. The highest BCUT2D eigenvalue weighted by Crippen LogP contribution is 2.47. The van der Waals surface area contributed by atoms with Crippen LogP contribution in [0.15, 0.2) is 101 Å². The average Bonchev–Trinajstić information content (AvgIpc) is 3.61. The Kier molecular flexibility index (Phi) is 7.29. The van der Waals surface area contributed by atoms with Crippen LogP contribution in [0.1, 0.15) is 6.92 Å². The summed E-state index contributed by atoms with van der Waals surface area (Å²) in [4.78, 5) is 34.8. The van der Waals surface area contributed by atoms with Gasteiger partial charge in [0.05, 0.1) is 18.5 Å². The normalized spacial score (nSPS) is 17.4. The van der Waals surface area contributed by atoms with Crippen LogP contribution >= 0.6 is 35.3 Å². The molecule has 3 aromatic carbocycles. The Bertz CT molecular complexity index is 1870. The highest BCUT2D eigenvalue weighted by molar-refractivity contribution is 8.08. The number of thiazole rings is 1. The van der Waals surface area contributed by atoms with Gasteiger partial charge >= 0.3 is 0 Å². The number of fused-ring (bicyclic) bond motifs is 1. The number of benzene rings is 3. The van der Waals surface area contributed by atoms with Gasteiger partial charge in [-0.2, -0.15) is 0 Å². The number of aromatic nitrogens is 1. The van der Waals surface area contributed by atoms with E-state index in [2.05, 4.69) is 18.4 Å². The first-order chi connectivity index (χ1) is 20.0.